The van der Waals surface area contributed by atoms with Crippen molar-refractivity contribution in [2.45, 2.75) is 33.7 Å². The molecule has 8 heteroatoms. The molecule has 6 nitrogen and oxygen atoms in total. The van der Waals surface area contributed by atoms with Gasteiger partial charge in [-0.05, 0) is 44.2 Å². The zero-order valence-corrected chi connectivity index (χ0v) is 16.1. The van der Waals surface area contributed by atoms with E-state index in [0.29, 0.717) is 19.6 Å². The first-order valence-electron chi connectivity index (χ1n) is 7.89. The standard InChI is InChI=1S/C15H28N4O2S2/c1-5-16-15(18-12-14-13(3)8-11-22-14)17-9-7-10-19(4)23(20,21)6-2/h8,11H,5-7,9-10,12H2,1-4H3,(H2,16,17,18). The maximum absolute atomic E-state index is 11.7. The Kier molecular flexibility index (Phi) is 8.57. The number of nitrogens with one attached hydrogen (secondary N) is 2. The lowest BCUT2D eigenvalue weighted by Gasteiger charge is -2.16. The van der Waals surface area contributed by atoms with Gasteiger partial charge in [0.15, 0.2) is 5.96 Å². The number of hydrogen-bond acceptors (Lipinski definition) is 4. The predicted octanol–water partition coefficient (Wildman–Crippen LogP) is 1.78. The van der Waals surface area contributed by atoms with E-state index in [1.165, 1.54) is 14.7 Å². The highest BCUT2D eigenvalue weighted by Gasteiger charge is 2.13. The van der Waals surface area contributed by atoms with Crippen LogP contribution in [-0.4, -0.2) is 51.1 Å². The summed E-state index contributed by atoms with van der Waals surface area (Å²) < 4.78 is 24.7. The van der Waals surface area contributed by atoms with Crippen molar-refractivity contribution in [1.29, 1.82) is 0 Å². The molecule has 0 saturated heterocycles. The van der Waals surface area contributed by atoms with E-state index in [9.17, 15) is 8.42 Å². The number of aryl methyl sites for hydroxylation is 1. The molecule has 1 rings (SSSR count). The van der Waals surface area contributed by atoms with Crippen LogP contribution in [-0.2, 0) is 16.6 Å². The van der Waals surface area contributed by atoms with Gasteiger partial charge in [0.25, 0.3) is 0 Å². The molecule has 0 radical (unpaired) electrons. The van der Waals surface area contributed by atoms with Gasteiger partial charge in [-0.15, -0.1) is 11.3 Å². The van der Waals surface area contributed by atoms with E-state index in [-0.39, 0.29) is 5.75 Å². The van der Waals surface area contributed by atoms with Crippen molar-refractivity contribution < 1.29 is 8.42 Å². The van der Waals surface area contributed by atoms with Crippen LogP contribution in [0.25, 0.3) is 0 Å². The van der Waals surface area contributed by atoms with Crippen LogP contribution in [0.1, 0.15) is 30.7 Å². The molecule has 0 aliphatic heterocycles. The summed E-state index contributed by atoms with van der Waals surface area (Å²) in [7, 11) is -1.47. The molecular weight excluding hydrogens is 332 g/mol. The summed E-state index contributed by atoms with van der Waals surface area (Å²) in [5, 5.41) is 8.53. The van der Waals surface area contributed by atoms with Gasteiger partial charge in [0.1, 0.15) is 0 Å². The van der Waals surface area contributed by atoms with Gasteiger partial charge in [-0.2, -0.15) is 0 Å². The fraction of sp³-hybridized carbons (Fsp3) is 0.667. The predicted molar refractivity (Wildman–Crippen MR) is 98.6 cm³/mol. The Labute approximate surface area is 144 Å². The molecule has 0 unspecified atom stereocenters. The molecule has 0 fully saturated rings. The lowest BCUT2D eigenvalue weighted by Crippen LogP contribution is -2.39. The zero-order valence-electron chi connectivity index (χ0n) is 14.4. The molecule has 0 aromatic carbocycles. The lowest BCUT2D eigenvalue weighted by molar-refractivity contribution is 0.461. The van der Waals surface area contributed by atoms with Gasteiger partial charge in [0.05, 0.1) is 12.3 Å². The van der Waals surface area contributed by atoms with Gasteiger partial charge < -0.3 is 10.6 Å². The molecule has 0 saturated carbocycles. The number of guanidine groups is 1. The summed E-state index contributed by atoms with van der Waals surface area (Å²) >= 11 is 1.71. The molecule has 1 aromatic rings. The number of nitrogens with zero attached hydrogens (tertiary/aromatic N) is 2. The van der Waals surface area contributed by atoms with Crippen molar-refractivity contribution in [3.63, 3.8) is 0 Å². The molecule has 23 heavy (non-hydrogen) atoms. The molecule has 1 aromatic heterocycles. The minimum atomic E-state index is -3.09. The molecule has 0 aliphatic rings. The first kappa shape index (κ1) is 19.9. The summed E-state index contributed by atoms with van der Waals surface area (Å²) in [6.45, 7) is 8.40. The highest BCUT2D eigenvalue weighted by atomic mass is 32.2. The third-order valence-electron chi connectivity index (χ3n) is 3.48. The Morgan fingerprint density at radius 1 is 1.35 bits per heavy atom. The van der Waals surface area contributed by atoms with Crippen molar-refractivity contribution in [1.82, 2.24) is 14.9 Å². The third-order valence-corrected chi connectivity index (χ3v) is 6.34. The summed E-state index contributed by atoms with van der Waals surface area (Å²) in [5.74, 6) is 0.905. The minimum absolute atomic E-state index is 0.140. The largest absolute Gasteiger partial charge is 0.357 e. The summed E-state index contributed by atoms with van der Waals surface area (Å²) in [6, 6.07) is 2.10. The van der Waals surface area contributed by atoms with Crippen LogP contribution in [0.2, 0.25) is 0 Å². The summed E-state index contributed by atoms with van der Waals surface area (Å²) in [4.78, 5) is 5.83. The van der Waals surface area contributed by atoms with E-state index in [1.807, 2.05) is 6.92 Å². The maximum Gasteiger partial charge on any atom is 0.213 e. The molecule has 0 amide bonds. The van der Waals surface area contributed by atoms with Crippen LogP contribution in [0.15, 0.2) is 16.4 Å². The van der Waals surface area contributed by atoms with Crippen LogP contribution in [0.5, 0.6) is 0 Å². The number of hydrogen-bond donors (Lipinski definition) is 2. The van der Waals surface area contributed by atoms with Gasteiger partial charge in [-0.3, -0.25) is 0 Å². The van der Waals surface area contributed by atoms with E-state index in [2.05, 4.69) is 34.0 Å². The molecule has 1 heterocycles. The van der Waals surface area contributed by atoms with Crippen molar-refractivity contribution >= 4 is 27.3 Å². The highest BCUT2D eigenvalue weighted by Crippen LogP contribution is 2.16. The van der Waals surface area contributed by atoms with E-state index in [4.69, 9.17) is 0 Å². The van der Waals surface area contributed by atoms with Gasteiger partial charge in [0, 0.05) is 31.6 Å². The van der Waals surface area contributed by atoms with Crippen LogP contribution in [0.4, 0.5) is 0 Å². The molecule has 0 spiro atoms. The second-order valence-corrected chi connectivity index (χ2v) is 8.59. The SMILES string of the molecule is CCNC(=NCc1sccc1C)NCCCN(C)S(=O)(=O)CC. The normalized spacial score (nSPS) is 12.7. The Morgan fingerprint density at radius 3 is 2.65 bits per heavy atom. The quantitative estimate of drug-likeness (QED) is 0.400. The van der Waals surface area contributed by atoms with E-state index in [1.54, 1.807) is 25.3 Å². The fourth-order valence-corrected chi connectivity index (χ4v) is 3.60. The molecule has 0 aliphatic carbocycles. The Bertz CT molecular complexity index is 596. The average molecular weight is 361 g/mol. The van der Waals surface area contributed by atoms with Gasteiger partial charge in [-0.25, -0.2) is 17.7 Å². The third kappa shape index (κ3) is 6.88. The fourth-order valence-electron chi connectivity index (χ4n) is 1.93. The zero-order chi connectivity index (χ0) is 17.3. The van der Waals surface area contributed by atoms with Crippen LogP contribution >= 0.6 is 11.3 Å². The molecule has 2 N–H and O–H groups in total. The van der Waals surface area contributed by atoms with E-state index in [0.717, 1.165) is 18.9 Å². The first-order valence-corrected chi connectivity index (χ1v) is 10.4. The monoisotopic (exact) mass is 360 g/mol. The molecular formula is C15H28N4O2S2. The number of aliphatic imine (C=N–C) groups is 1. The second-order valence-electron chi connectivity index (χ2n) is 5.22. The summed E-state index contributed by atoms with van der Waals surface area (Å²) in [5.41, 5.74) is 1.26. The average Bonchev–Trinajstić information content (AvgIpc) is 2.93. The maximum atomic E-state index is 11.7. The van der Waals surface area contributed by atoms with Crippen LogP contribution in [0, 0.1) is 6.92 Å². The highest BCUT2D eigenvalue weighted by molar-refractivity contribution is 7.89. The lowest BCUT2D eigenvalue weighted by atomic mass is 10.3. The van der Waals surface area contributed by atoms with Gasteiger partial charge >= 0.3 is 0 Å². The van der Waals surface area contributed by atoms with Crippen LogP contribution in [0.3, 0.4) is 0 Å². The van der Waals surface area contributed by atoms with Crippen LogP contribution < -0.4 is 10.6 Å². The van der Waals surface area contributed by atoms with Crippen molar-refractivity contribution in [2.75, 3.05) is 32.4 Å². The van der Waals surface area contributed by atoms with E-state index < -0.39 is 10.0 Å². The topological polar surface area (TPSA) is 73.8 Å². The number of thiophene rings is 1. The summed E-state index contributed by atoms with van der Waals surface area (Å²) in [6.07, 6.45) is 0.734. The Morgan fingerprint density at radius 2 is 2.09 bits per heavy atom. The van der Waals surface area contributed by atoms with Crippen molar-refractivity contribution in [2.24, 2.45) is 4.99 Å². The van der Waals surface area contributed by atoms with E-state index >= 15 is 0 Å². The number of rotatable bonds is 9. The molecule has 0 bridgehead atoms. The smallest absolute Gasteiger partial charge is 0.213 e. The second kappa shape index (κ2) is 9.89. The Balaban J connectivity index is 2.43. The van der Waals surface area contributed by atoms with Gasteiger partial charge in [0.2, 0.25) is 10.0 Å². The van der Waals surface area contributed by atoms with Crippen molar-refractivity contribution in [3.8, 4) is 0 Å². The molecule has 0 atom stereocenters. The minimum Gasteiger partial charge on any atom is -0.357 e. The first-order chi connectivity index (χ1) is 10.9. The molecule has 132 valence electrons. The van der Waals surface area contributed by atoms with Gasteiger partial charge in [-0.1, -0.05) is 0 Å². The number of sulfonamides is 1. The van der Waals surface area contributed by atoms with Crippen molar-refractivity contribution in [3.05, 3.63) is 21.9 Å². The Hall–Kier alpha value is -1.12.